The minimum atomic E-state index is -0.881. The third kappa shape index (κ3) is 3.76. The summed E-state index contributed by atoms with van der Waals surface area (Å²) in [6.45, 7) is 4.31. The minimum absolute atomic E-state index is 0.213. The predicted molar refractivity (Wildman–Crippen MR) is 77.5 cm³/mol. The Labute approximate surface area is 127 Å². The van der Waals surface area contributed by atoms with Crippen molar-refractivity contribution in [1.82, 2.24) is 0 Å². The van der Waals surface area contributed by atoms with Crippen molar-refractivity contribution in [2.45, 2.75) is 70.6 Å². The van der Waals surface area contributed by atoms with Gasteiger partial charge in [-0.25, -0.2) is 4.79 Å². The molecule has 0 bridgehead atoms. The molecule has 21 heavy (non-hydrogen) atoms. The van der Waals surface area contributed by atoms with Gasteiger partial charge in [0.05, 0.1) is 7.11 Å². The molecule has 1 saturated heterocycles. The number of rotatable bonds is 8. The highest BCUT2D eigenvalue weighted by Crippen LogP contribution is 2.44. The highest BCUT2D eigenvalue weighted by Gasteiger charge is 2.55. The van der Waals surface area contributed by atoms with E-state index in [1.165, 1.54) is 7.11 Å². The van der Waals surface area contributed by atoms with Crippen molar-refractivity contribution in [3.8, 4) is 0 Å². The molecule has 3 unspecified atom stereocenters. The van der Waals surface area contributed by atoms with Crippen LogP contribution >= 0.6 is 0 Å². The van der Waals surface area contributed by atoms with Crippen LogP contribution in [0.15, 0.2) is 0 Å². The van der Waals surface area contributed by atoms with Crippen LogP contribution in [0.25, 0.3) is 0 Å². The lowest BCUT2D eigenvalue weighted by Gasteiger charge is -2.36. The molecule has 0 amide bonds. The van der Waals surface area contributed by atoms with Gasteiger partial charge >= 0.3 is 5.97 Å². The van der Waals surface area contributed by atoms with Crippen molar-refractivity contribution in [2.75, 3.05) is 14.2 Å². The summed E-state index contributed by atoms with van der Waals surface area (Å²) in [6.07, 6.45) is 5.13. The molecule has 1 heterocycles. The molecule has 0 aromatic carbocycles. The largest absolute Gasteiger partial charge is 0.467 e. The SMILES string of the molecule is COC(=O)C(CCC(C)C)(OC1OC1OC)C1CCCC1. The van der Waals surface area contributed by atoms with E-state index < -0.39 is 11.9 Å². The maximum absolute atomic E-state index is 12.5. The first-order chi connectivity index (χ1) is 10.0. The van der Waals surface area contributed by atoms with Crippen LogP contribution in [0.4, 0.5) is 0 Å². The number of methoxy groups -OCH3 is 2. The highest BCUT2D eigenvalue weighted by atomic mass is 16.9. The summed E-state index contributed by atoms with van der Waals surface area (Å²) in [4.78, 5) is 12.5. The Morgan fingerprint density at radius 1 is 1.24 bits per heavy atom. The molecule has 0 aromatic rings. The van der Waals surface area contributed by atoms with E-state index in [1.807, 2.05) is 0 Å². The molecule has 2 aliphatic rings. The van der Waals surface area contributed by atoms with Gasteiger partial charge in [-0.1, -0.05) is 26.7 Å². The van der Waals surface area contributed by atoms with E-state index in [1.54, 1.807) is 7.11 Å². The fraction of sp³-hybridized carbons (Fsp3) is 0.938. The van der Waals surface area contributed by atoms with Crippen LogP contribution in [0.2, 0.25) is 0 Å². The Bertz CT molecular complexity index is 351. The third-order valence-electron chi connectivity index (χ3n) is 4.61. The van der Waals surface area contributed by atoms with E-state index in [0.717, 1.165) is 32.1 Å². The molecule has 2 fully saturated rings. The van der Waals surface area contributed by atoms with Crippen molar-refractivity contribution >= 4 is 5.97 Å². The molecular formula is C16H28O5. The van der Waals surface area contributed by atoms with Crippen LogP contribution in [0.5, 0.6) is 0 Å². The molecular weight excluding hydrogens is 272 g/mol. The van der Waals surface area contributed by atoms with Crippen LogP contribution in [0, 0.1) is 11.8 Å². The summed E-state index contributed by atoms with van der Waals surface area (Å²) in [6, 6.07) is 0. The molecule has 0 radical (unpaired) electrons. The molecule has 1 saturated carbocycles. The number of hydrogen-bond donors (Lipinski definition) is 0. The number of ether oxygens (including phenoxy) is 4. The van der Waals surface area contributed by atoms with Crippen molar-refractivity contribution in [3.05, 3.63) is 0 Å². The first-order valence-electron chi connectivity index (χ1n) is 7.98. The zero-order valence-electron chi connectivity index (χ0n) is 13.6. The van der Waals surface area contributed by atoms with Crippen LogP contribution < -0.4 is 0 Å². The van der Waals surface area contributed by atoms with Gasteiger partial charge in [0, 0.05) is 7.11 Å². The van der Waals surface area contributed by atoms with Gasteiger partial charge in [-0.2, -0.15) is 0 Å². The van der Waals surface area contributed by atoms with Gasteiger partial charge in [-0.15, -0.1) is 0 Å². The highest BCUT2D eigenvalue weighted by molar-refractivity contribution is 5.80. The van der Waals surface area contributed by atoms with Gasteiger partial charge in [0.2, 0.25) is 12.6 Å². The Morgan fingerprint density at radius 2 is 1.90 bits per heavy atom. The van der Waals surface area contributed by atoms with Crippen molar-refractivity contribution in [2.24, 2.45) is 11.8 Å². The molecule has 5 heteroatoms. The Morgan fingerprint density at radius 3 is 2.38 bits per heavy atom. The molecule has 0 aromatic heterocycles. The lowest BCUT2D eigenvalue weighted by Crippen LogP contribution is -2.49. The zero-order valence-corrected chi connectivity index (χ0v) is 13.6. The fourth-order valence-corrected chi connectivity index (χ4v) is 3.29. The predicted octanol–water partition coefficient (Wildman–Crippen LogP) is 2.87. The maximum Gasteiger partial charge on any atom is 0.338 e. The number of carbonyl (C=O) groups is 1. The second-order valence-electron chi connectivity index (χ2n) is 6.52. The summed E-state index contributed by atoms with van der Waals surface area (Å²) in [7, 11) is 3.02. The van der Waals surface area contributed by atoms with Crippen molar-refractivity contribution in [3.63, 3.8) is 0 Å². The van der Waals surface area contributed by atoms with E-state index in [9.17, 15) is 4.79 Å². The normalized spacial score (nSPS) is 28.6. The lowest BCUT2D eigenvalue weighted by atomic mass is 9.80. The topological polar surface area (TPSA) is 57.3 Å². The Hall–Kier alpha value is -0.650. The van der Waals surface area contributed by atoms with Crippen LogP contribution in [-0.2, 0) is 23.7 Å². The van der Waals surface area contributed by atoms with Crippen molar-refractivity contribution in [1.29, 1.82) is 0 Å². The number of carbonyl (C=O) groups excluding carboxylic acids is 1. The molecule has 122 valence electrons. The number of esters is 1. The van der Waals surface area contributed by atoms with E-state index in [4.69, 9.17) is 18.9 Å². The van der Waals surface area contributed by atoms with Crippen LogP contribution in [-0.4, -0.2) is 38.4 Å². The molecule has 0 N–H and O–H groups in total. The smallest absolute Gasteiger partial charge is 0.338 e. The first-order valence-corrected chi connectivity index (χ1v) is 7.98. The maximum atomic E-state index is 12.5. The van der Waals surface area contributed by atoms with E-state index in [-0.39, 0.29) is 18.2 Å². The quantitative estimate of drug-likeness (QED) is 0.509. The van der Waals surface area contributed by atoms with E-state index in [2.05, 4.69) is 13.8 Å². The van der Waals surface area contributed by atoms with Crippen molar-refractivity contribution < 1.29 is 23.7 Å². The summed E-state index contributed by atoms with van der Waals surface area (Å²) in [5, 5.41) is 0. The molecule has 1 aliphatic carbocycles. The number of epoxide rings is 1. The van der Waals surface area contributed by atoms with Crippen LogP contribution in [0.3, 0.4) is 0 Å². The van der Waals surface area contributed by atoms with E-state index >= 15 is 0 Å². The fourth-order valence-electron chi connectivity index (χ4n) is 3.29. The molecule has 2 rings (SSSR count). The molecule has 1 aliphatic heterocycles. The summed E-state index contributed by atoms with van der Waals surface area (Å²) >= 11 is 0. The Kier molecular flexibility index (Phi) is 5.63. The summed E-state index contributed by atoms with van der Waals surface area (Å²) in [5.74, 6) is 0.461. The van der Waals surface area contributed by atoms with Gasteiger partial charge in [0.15, 0.2) is 5.60 Å². The lowest BCUT2D eigenvalue weighted by molar-refractivity contribution is -0.190. The van der Waals surface area contributed by atoms with Gasteiger partial charge in [-0.05, 0) is 37.5 Å². The standard InChI is InChI=1S/C16H28O5/c1-11(2)9-10-16(15(17)19-4,12-7-5-6-8-12)21-14-13(18-3)20-14/h11-14H,5-10H2,1-4H3. The van der Waals surface area contributed by atoms with Gasteiger partial charge in [-0.3, -0.25) is 0 Å². The van der Waals surface area contributed by atoms with Gasteiger partial charge < -0.3 is 18.9 Å². The van der Waals surface area contributed by atoms with Gasteiger partial charge in [0.25, 0.3) is 0 Å². The molecule has 0 spiro atoms. The third-order valence-corrected chi connectivity index (χ3v) is 4.61. The number of hydrogen-bond acceptors (Lipinski definition) is 5. The van der Waals surface area contributed by atoms with Gasteiger partial charge in [0.1, 0.15) is 0 Å². The second-order valence-corrected chi connectivity index (χ2v) is 6.52. The average Bonchev–Trinajstić information content (AvgIpc) is 2.98. The monoisotopic (exact) mass is 300 g/mol. The average molecular weight is 300 g/mol. The van der Waals surface area contributed by atoms with E-state index in [0.29, 0.717) is 12.3 Å². The second kappa shape index (κ2) is 7.07. The molecule has 3 atom stereocenters. The Balaban J connectivity index is 2.16. The summed E-state index contributed by atoms with van der Waals surface area (Å²) in [5.41, 5.74) is -0.881. The van der Waals surface area contributed by atoms with Crippen LogP contribution in [0.1, 0.15) is 52.4 Å². The zero-order chi connectivity index (χ0) is 15.5. The molecule has 5 nitrogen and oxygen atoms in total. The first kappa shape index (κ1) is 16.7. The summed E-state index contributed by atoms with van der Waals surface area (Å²) < 4.78 is 21.7. The minimum Gasteiger partial charge on any atom is -0.467 e.